The van der Waals surface area contributed by atoms with Crippen LogP contribution in [-0.4, -0.2) is 12.7 Å². The summed E-state index contributed by atoms with van der Waals surface area (Å²) >= 11 is -1.16. The van der Waals surface area contributed by atoms with Gasteiger partial charge >= 0.3 is 114 Å². The van der Waals surface area contributed by atoms with E-state index >= 15 is 0 Å². The van der Waals surface area contributed by atoms with Crippen LogP contribution >= 0.6 is 0 Å². The molecule has 1 N–H and O–H groups in total. The van der Waals surface area contributed by atoms with Crippen LogP contribution in [0.1, 0.15) is 40.5 Å². The van der Waals surface area contributed by atoms with Crippen LogP contribution < -0.4 is 3.80 Å². The first kappa shape index (κ1) is 13.8. The van der Waals surface area contributed by atoms with E-state index in [0.29, 0.717) is 3.72 Å². The van der Waals surface area contributed by atoms with Crippen molar-refractivity contribution in [3.8, 4) is 0 Å². The Balaban J connectivity index is 2.29. The van der Waals surface area contributed by atoms with Crippen molar-refractivity contribution in [2.75, 3.05) is 0 Å². The predicted molar refractivity (Wildman–Crippen MR) is 75.5 cm³/mol. The Labute approximate surface area is 114 Å². The number of hydrogen-bond acceptors (Lipinski definition) is 1. The fraction of sp³-hybridized carbons (Fsp3) is 0.714. The average molecular weight is 284 g/mol. The van der Waals surface area contributed by atoms with Gasteiger partial charge in [-0.2, -0.15) is 0 Å². The van der Waals surface area contributed by atoms with Crippen molar-refractivity contribution >= 4 is 6.66 Å². The van der Waals surface area contributed by atoms with Gasteiger partial charge in [0.05, 0.1) is 0 Å². The maximum absolute atomic E-state index is 4.09. The van der Waals surface area contributed by atoms with E-state index in [1.54, 1.807) is 11.1 Å². The van der Waals surface area contributed by atoms with Gasteiger partial charge in [0.2, 0.25) is 0 Å². The summed E-state index contributed by atoms with van der Waals surface area (Å²) in [4.78, 5) is 0. The zero-order chi connectivity index (χ0) is 12.8. The van der Waals surface area contributed by atoms with E-state index in [2.05, 4.69) is 50.7 Å². The van der Waals surface area contributed by atoms with Crippen LogP contribution in [0.15, 0.2) is 22.8 Å². The Morgan fingerprint density at radius 3 is 2.24 bits per heavy atom. The zero-order valence-corrected chi connectivity index (χ0v) is 14.9. The first-order chi connectivity index (χ1) is 7.86. The average Bonchev–Trinajstić information content (AvgIpc) is 3.03. The van der Waals surface area contributed by atoms with Gasteiger partial charge in [0.1, 0.15) is 0 Å². The third-order valence-corrected chi connectivity index (χ3v) is 17.9. The fourth-order valence-electron chi connectivity index (χ4n) is 2.98. The molecule has 1 atom stereocenters. The first-order valence-corrected chi connectivity index (χ1v) is 14.0. The monoisotopic (exact) mass is 284 g/mol. The second kappa shape index (κ2) is 4.81. The Hall–Kier alpha value is 0.371. The predicted octanol–water partition coefficient (Wildman–Crippen LogP) is 3.73. The molecule has 0 aromatic rings. The molecule has 0 aromatic heterocycles. The van der Waals surface area contributed by atoms with Crippen molar-refractivity contribution < 1.29 is 17.4 Å². The van der Waals surface area contributed by atoms with E-state index in [-0.39, 0.29) is 0 Å². The number of rotatable bonds is 4. The van der Waals surface area contributed by atoms with Crippen LogP contribution in [0.2, 0.25) is 16.8 Å². The van der Waals surface area contributed by atoms with Crippen LogP contribution in [0.4, 0.5) is 0 Å². The molecule has 3 heteroatoms. The molecule has 1 fully saturated rings. The van der Waals surface area contributed by atoms with Gasteiger partial charge in [-0.25, -0.2) is 0 Å². The summed E-state index contributed by atoms with van der Waals surface area (Å²) in [5, 5.41) is 0. The van der Waals surface area contributed by atoms with E-state index in [4.69, 9.17) is 0 Å². The summed E-state index contributed by atoms with van der Waals surface area (Å²) in [7, 11) is 0. The van der Waals surface area contributed by atoms with E-state index < -0.39 is 24.0 Å². The van der Waals surface area contributed by atoms with Gasteiger partial charge in [-0.15, -0.1) is 0 Å². The van der Waals surface area contributed by atoms with Crippen molar-refractivity contribution in [2.24, 2.45) is 0 Å². The van der Waals surface area contributed by atoms with Crippen LogP contribution in [0, 0.1) is 0 Å². The van der Waals surface area contributed by atoms with E-state index in [0.717, 1.165) is 6.04 Å². The Morgan fingerprint density at radius 2 is 1.88 bits per heavy atom. The standard InChI is InChI=1S/C9H13.C3H6N.C2H7Si.Ti/c1-6-5-7(2)9(4)8(6)3;4-3-1-2-3;1-3-2;/h5H,1-4H3;3-4H,1-2H2;3H,1-2H3;/q;-1;;+1. The second-order valence-corrected chi connectivity index (χ2v) is 19.7. The molecule has 0 bridgehead atoms. The maximum atomic E-state index is 4.09. The Bertz CT molecular complexity index is 382. The molecular weight excluding hydrogens is 258 g/mol. The molecule has 0 spiro atoms. The van der Waals surface area contributed by atoms with Crippen molar-refractivity contribution in [1.29, 1.82) is 0 Å². The van der Waals surface area contributed by atoms with Gasteiger partial charge < -0.3 is 0 Å². The molecule has 0 aliphatic heterocycles. The van der Waals surface area contributed by atoms with Crippen molar-refractivity contribution in [3.05, 3.63) is 22.8 Å². The first-order valence-electron chi connectivity index (χ1n) is 6.88. The summed E-state index contributed by atoms with van der Waals surface area (Å²) in [6.07, 6.45) is 5.45. The Kier molecular flexibility index (Phi) is 3.90. The SMILES string of the molecule is CC1=C[C](C)([Ti]([NH]C2CC2)[SiH](C)C)C(C)=C1C. The van der Waals surface area contributed by atoms with Crippen molar-refractivity contribution in [3.63, 3.8) is 0 Å². The number of nitrogens with one attached hydrogen (secondary N) is 1. The third kappa shape index (κ3) is 2.56. The molecule has 0 amide bonds. The third-order valence-electron chi connectivity index (χ3n) is 4.51. The molecule has 2 rings (SSSR count). The molecule has 1 unspecified atom stereocenters. The van der Waals surface area contributed by atoms with Crippen molar-refractivity contribution in [2.45, 2.75) is 63.4 Å². The minimum absolute atomic E-state index is 0.442. The molecule has 2 aliphatic rings. The van der Waals surface area contributed by atoms with Crippen LogP contribution in [0.25, 0.3) is 0 Å². The van der Waals surface area contributed by atoms with Crippen LogP contribution in [0.3, 0.4) is 0 Å². The molecule has 17 heavy (non-hydrogen) atoms. The molecule has 0 saturated heterocycles. The summed E-state index contributed by atoms with van der Waals surface area (Å²) < 4.78 is 4.54. The second-order valence-electron chi connectivity index (χ2n) is 6.27. The summed E-state index contributed by atoms with van der Waals surface area (Å²) in [6.45, 7) is 14.1. The van der Waals surface area contributed by atoms with Gasteiger partial charge in [-0.05, 0) is 0 Å². The molecule has 0 heterocycles. The molecule has 1 nitrogen and oxygen atoms in total. The zero-order valence-electron chi connectivity index (χ0n) is 12.1. The summed E-state index contributed by atoms with van der Waals surface area (Å²) in [5.74, 6) is 0. The van der Waals surface area contributed by atoms with Gasteiger partial charge in [0.15, 0.2) is 0 Å². The summed E-state index contributed by atoms with van der Waals surface area (Å²) in [5.41, 5.74) is 4.76. The molecule has 0 aromatic carbocycles. The topological polar surface area (TPSA) is 12.0 Å². The van der Waals surface area contributed by atoms with E-state index in [1.807, 2.05) is 0 Å². The van der Waals surface area contributed by atoms with E-state index in [1.165, 1.54) is 18.4 Å². The quantitative estimate of drug-likeness (QED) is 0.776. The van der Waals surface area contributed by atoms with Gasteiger partial charge in [-0.1, -0.05) is 0 Å². The van der Waals surface area contributed by atoms with Gasteiger partial charge in [0, 0.05) is 0 Å². The molecule has 1 saturated carbocycles. The molecule has 2 aliphatic carbocycles. The molecule has 0 radical (unpaired) electrons. The summed E-state index contributed by atoms with van der Waals surface area (Å²) in [6, 6.07) is 0.888. The van der Waals surface area contributed by atoms with E-state index in [9.17, 15) is 0 Å². The normalized spacial score (nSPS) is 29.0. The molecule has 95 valence electrons. The van der Waals surface area contributed by atoms with Gasteiger partial charge in [0.25, 0.3) is 0 Å². The van der Waals surface area contributed by atoms with Crippen molar-refractivity contribution in [1.82, 2.24) is 3.80 Å². The number of allylic oxidation sites excluding steroid dienone is 4. The minimum atomic E-state index is -1.16. The molecular formula is C14H26NSiTi. The van der Waals surface area contributed by atoms with Gasteiger partial charge in [-0.3, -0.25) is 0 Å². The Morgan fingerprint density at radius 1 is 1.29 bits per heavy atom. The van der Waals surface area contributed by atoms with Crippen LogP contribution in [-0.2, 0) is 17.4 Å². The number of hydrogen-bond donors (Lipinski definition) is 1. The van der Waals surface area contributed by atoms with Crippen LogP contribution in [0.5, 0.6) is 0 Å². The fourth-order valence-corrected chi connectivity index (χ4v) is 17.0.